The lowest BCUT2D eigenvalue weighted by Gasteiger charge is -2.41. The lowest BCUT2D eigenvalue weighted by Crippen LogP contribution is -2.54. The minimum atomic E-state index is -0.147. The summed E-state index contributed by atoms with van der Waals surface area (Å²) in [7, 11) is 0. The maximum Gasteiger partial charge on any atom is 0.228 e. The molecule has 1 saturated carbocycles. The number of hydrogen-bond donors (Lipinski definition) is 2. The zero-order valence-corrected chi connectivity index (χ0v) is 12.3. The van der Waals surface area contributed by atoms with E-state index in [1.807, 2.05) is 4.90 Å². The van der Waals surface area contributed by atoms with Gasteiger partial charge < -0.3 is 15.8 Å². The van der Waals surface area contributed by atoms with Gasteiger partial charge in [0.05, 0.1) is 6.54 Å². The molecule has 6 heteroatoms. The van der Waals surface area contributed by atoms with Gasteiger partial charge in [-0.2, -0.15) is 0 Å². The fourth-order valence-corrected chi connectivity index (χ4v) is 3.30. The Morgan fingerprint density at radius 3 is 2.35 bits per heavy atom. The molecule has 1 heterocycles. The molecule has 0 aromatic carbocycles. The van der Waals surface area contributed by atoms with E-state index >= 15 is 0 Å². The van der Waals surface area contributed by atoms with Gasteiger partial charge in [-0.05, 0) is 12.8 Å². The number of oxime groups is 1. The van der Waals surface area contributed by atoms with Crippen molar-refractivity contribution in [2.24, 2.45) is 16.3 Å². The molecule has 1 amide bonds. The van der Waals surface area contributed by atoms with E-state index in [1.54, 1.807) is 0 Å². The van der Waals surface area contributed by atoms with Crippen LogP contribution in [0.5, 0.6) is 0 Å². The number of hydrogen-bond acceptors (Lipinski definition) is 4. The maximum absolute atomic E-state index is 12.7. The smallest absolute Gasteiger partial charge is 0.228 e. The second-order valence-electron chi connectivity index (χ2n) is 6.28. The molecule has 2 rings (SSSR count). The van der Waals surface area contributed by atoms with Crippen LogP contribution in [0.15, 0.2) is 5.16 Å². The van der Waals surface area contributed by atoms with Crippen molar-refractivity contribution in [2.45, 2.75) is 39.0 Å². The second-order valence-corrected chi connectivity index (χ2v) is 6.28. The third kappa shape index (κ3) is 3.42. The Hall–Kier alpha value is -1.30. The van der Waals surface area contributed by atoms with Gasteiger partial charge in [0.25, 0.3) is 0 Å². The molecule has 0 aromatic heterocycles. The van der Waals surface area contributed by atoms with E-state index in [0.717, 1.165) is 39.0 Å². The van der Waals surface area contributed by atoms with Gasteiger partial charge in [0.2, 0.25) is 5.91 Å². The Bertz CT molecular complexity index is 369. The predicted molar refractivity (Wildman–Crippen MR) is 77.6 cm³/mol. The first-order valence-corrected chi connectivity index (χ1v) is 7.53. The summed E-state index contributed by atoms with van der Waals surface area (Å²) in [6.07, 6.45) is 5.65. The van der Waals surface area contributed by atoms with E-state index in [0.29, 0.717) is 12.5 Å². The standard InChI is InChI=1S/C14H26N4O2/c1-14(5-3-2-4-6-14)13(19)18-9-7-17(8-10-18)11-12(15)16-20/h20H,2-11H2,1H3,(H2,15,16). The molecule has 6 nitrogen and oxygen atoms in total. The van der Waals surface area contributed by atoms with Crippen LogP contribution in [0.2, 0.25) is 0 Å². The number of nitrogens with zero attached hydrogens (tertiary/aromatic N) is 3. The third-order valence-electron chi connectivity index (χ3n) is 4.65. The molecule has 2 fully saturated rings. The molecule has 0 aromatic rings. The van der Waals surface area contributed by atoms with Gasteiger partial charge >= 0.3 is 0 Å². The fourth-order valence-electron chi connectivity index (χ4n) is 3.30. The molecule has 1 aliphatic heterocycles. The molecule has 0 radical (unpaired) electrons. The van der Waals surface area contributed by atoms with Crippen LogP contribution in [-0.2, 0) is 4.79 Å². The third-order valence-corrected chi connectivity index (χ3v) is 4.65. The summed E-state index contributed by atoms with van der Waals surface area (Å²) < 4.78 is 0. The van der Waals surface area contributed by atoms with Crippen LogP contribution in [0.4, 0.5) is 0 Å². The van der Waals surface area contributed by atoms with E-state index < -0.39 is 0 Å². The second kappa shape index (κ2) is 6.43. The number of carbonyl (C=O) groups is 1. The molecule has 3 N–H and O–H groups in total. The molecular weight excluding hydrogens is 256 g/mol. The average molecular weight is 282 g/mol. The maximum atomic E-state index is 12.7. The number of amidine groups is 1. The van der Waals surface area contributed by atoms with Crippen molar-refractivity contribution >= 4 is 11.7 Å². The SMILES string of the molecule is CC1(C(=O)N2CCN(CC(N)=NO)CC2)CCCCC1. The first kappa shape index (κ1) is 15.1. The Kier molecular flexibility index (Phi) is 4.86. The molecule has 0 atom stereocenters. The highest BCUT2D eigenvalue weighted by atomic mass is 16.4. The van der Waals surface area contributed by atoms with Gasteiger partial charge in [-0.15, -0.1) is 0 Å². The van der Waals surface area contributed by atoms with Crippen molar-refractivity contribution in [3.63, 3.8) is 0 Å². The highest BCUT2D eigenvalue weighted by molar-refractivity contribution is 5.83. The van der Waals surface area contributed by atoms with E-state index in [9.17, 15) is 4.79 Å². The lowest BCUT2D eigenvalue weighted by molar-refractivity contribution is -0.144. The van der Waals surface area contributed by atoms with Crippen LogP contribution in [-0.4, -0.2) is 59.5 Å². The summed E-state index contributed by atoms with van der Waals surface area (Å²) in [4.78, 5) is 16.8. The van der Waals surface area contributed by atoms with Crippen LogP contribution in [0.3, 0.4) is 0 Å². The zero-order chi connectivity index (χ0) is 14.6. The summed E-state index contributed by atoms with van der Waals surface area (Å²) >= 11 is 0. The topological polar surface area (TPSA) is 82.2 Å². The van der Waals surface area contributed by atoms with Gasteiger partial charge in [0.15, 0.2) is 5.84 Å². The lowest BCUT2D eigenvalue weighted by atomic mass is 9.74. The van der Waals surface area contributed by atoms with Gasteiger partial charge in [-0.25, -0.2) is 0 Å². The highest BCUT2D eigenvalue weighted by Crippen LogP contribution is 2.37. The molecule has 0 spiro atoms. The summed E-state index contributed by atoms with van der Waals surface area (Å²) in [5.41, 5.74) is 5.37. The fraction of sp³-hybridized carbons (Fsp3) is 0.857. The van der Waals surface area contributed by atoms with Gasteiger partial charge in [-0.3, -0.25) is 9.69 Å². The number of nitrogens with two attached hydrogens (primary N) is 1. The molecule has 1 aliphatic carbocycles. The van der Waals surface area contributed by atoms with E-state index in [2.05, 4.69) is 17.0 Å². The van der Waals surface area contributed by atoms with Crippen LogP contribution in [0.25, 0.3) is 0 Å². The van der Waals surface area contributed by atoms with Gasteiger partial charge in [0, 0.05) is 31.6 Å². The monoisotopic (exact) mass is 282 g/mol. The van der Waals surface area contributed by atoms with E-state index in [1.165, 1.54) is 19.3 Å². The molecule has 20 heavy (non-hydrogen) atoms. The van der Waals surface area contributed by atoms with E-state index in [-0.39, 0.29) is 11.3 Å². The first-order chi connectivity index (χ1) is 9.55. The number of carbonyl (C=O) groups excluding carboxylic acids is 1. The largest absolute Gasteiger partial charge is 0.409 e. The van der Waals surface area contributed by atoms with Crippen molar-refractivity contribution in [3.8, 4) is 0 Å². The number of amides is 1. The normalized spacial score (nSPS) is 24.6. The van der Waals surface area contributed by atoms with E-state index in [4.69, 9.17) is 10.9 Å². The minimum Gasteiger partial charge on any atom is -0.409 e. The Balaban J connectivity index is 1.85. The molecule has 2 aliphatic rings. The first-order valence-electron chi connectivity index (χ1n) is 7.53. The Morgan fingerprint density at radius 2 is 1.80 bits per heavy atom. The summed E-state index contributed by atoms with van der Waals surface area (Å²) in [6.45, 7) is 5.66. The van der Waals surface area contributed by atoms with Crippen molar-refractivity contribution in [1.82, 2.24) is 9.80 Å². The van der Waals surface area contributed by atoms with Gasteiger partial charge in [-0.1, -0.05) is 31.3 Å². The summed E-state index contributed by atoms with van der Waals surface area (Å²) in [5, 5.41) is 11.6. The van der Waals surface area contributed by atoms with Crippen molar-refractivity contribution in [2.75, 3.05) is 32.7 Å². The van der Waals surface area contributed by atoms with Crippen LogP contribution in [0.1, 0.15) is 39.0 Å². The van der Waals surface area contributed by atoms with Gasteiger partial charge in [0.1, 0.15) is 0 Å². The Morgan fingerprint density at radius 1 is 1.20 bits per heavy atom. The number of piperazine rings is 1. The zero-order valence-electron chi connectivity index (χ0n) is 12.3. The average Bonchev–Trinajstić information content (AvgIpc) is 2.48. The van der Waals surface area contributed by atoms with Crippen LogP contribution in [0, 0.1) is 5.41 Å². The predicted octanol–water partition coefficient (Wildman–Crippen LogP) is 0.847. The summed E-state index contributed by atoms with van der Waals surface area (Å²) in [5.74, 6) is 0.546. The summed E-state index contributed by atoms with van der Waals surface area (Å²) in [6, 6.07) is 0. The number of rotatable bonds is 3. The van der Waals surface area contributed by atoms with Crippen molar-refractivity contribution in [3.05, 3.63) is 0 Å². The van der Waals surface area contributed by atoms with Crippen LogP contribution >= 0.6 is 0 Å². The van der Waals surface area contributed by atoms with Crippen LogP contribution < -0.4 is 5.73 Å². The molecular formula is C14H26N4O2. The van der Waals surface area contributed by atoms with Crippen molar-refractivity contribution in [1.29, 1.82) is 0 Å². The van der Waals surface area contributed by atoms with Crippen molar-refractivity contribution < 1.29 is 10.0 Å². The molecule has 0 bridgehead atoms. The Labute approximate surface area is 120 Å². The highest BCUT2D eigenvalue weighted by Gasteiger charge is 2.38. The minimum absolute atomic E-state index is 0.147. The molecule has 1 saturated heterocycles. The molecule has 114 valence electrons. The quantitative estimate of drug-likeness (QED) is 0.348. The molecule has 0 unspecified atom stereocenters.